The van der Waals surface area contributed by atoms with Gasteiger partial charge in [-0.3, -0.25) is 4.57 Å². The number of hydrogen-bond donors (Lipinski definition) is 0. The zero-order valence-corrected chi connectivity index (χ0v) is 9.09. The highest BCUT2D eigenvalue weighted by molar-refractivity contribution is 5.32. The van der Waals surface area contributed by atoms with Crippen molar-refractivity contribution in [2.45, 2.75) is 26.2 Å². The molecule has 1 heterocycles. The molecule has 0 aliphatic carbocycles. The van der Waals surface area contributed by atoms with Gasteiger partial charge in [0.15, 0.2) is 0 Å². The Balaban J connectivity index is 2.41. The molecule has 0 fully saturated rings. The molecule has 0 saturated carbocycles. The van der Waals surface area contributed by atoms with Gasteiger partial charge in [0.2, 0.25) is 0 Å². The van der Waals surface area contributed by atoms with E-state index >= 15 is 0 Å². The maximum atomic E-state index is 4.18. The summed E-state index contributed by atoms with van der Waals surface area (Å²) in [5.74, 6) is 1.47. The smallest absolute Gasteiger partial charge is 0.140 e. The Morgan fingerprint density at radius 1 is 1.27 bits per heavy atom. The normalized spacial score (nSPS) is 12.7. The maximum Gasteiger partial charge on any atom is 0.140 e. The van der Waals surface area contributed by atoms with Crippen molar-refractivity contribution >= 4 is 0 Å². The molecule has 0 aliphatic heterocycles. The van der Waals surface area contributed by atoms with Gasteiger partial charge in [-0.15, -0.1) is 10.2 Å². The topological polar surface area (TPSA) is 30.7 Å². The predicted octanol–water partition coefficient (Wildman–Crippen LogP) is 2.78. The van der Waals surface area contributed by atoms with Gasteiger partial charge in [-0.2, -0.15) is 0 Å². The highest BCUT2D eigenvalue weighted by Crippen LogP contribution is 2.19. The highest BCUT2D eigenvalue weighted by Gasteiger charge is 2.11. The number of hydrogen-bond acceptors (Lipinski definition) is 2. The monoisotopic (exact) mass is 201 g/mol. The van der Waals surface area contributed by atoms with Crippen molar-refractivity contribution in [1.82, 2.24) is 14.8 Å². The quantitative estimate of drug-likeness (QED) is 0.764. The molecule has 0 radical (unpaired) electrons. The van der Waals surface area contributed by atoms with Gasteiger partial charge >= 0.3 is 0 Å². The van der Waals surface area contributed by atoms with Gasteiger partial charge < -0.3 is 0 Å². The SMILES string of the molecule is CCC(C)c1nncn1-c1ccccc1. The number of nitrogens with zero attached hydrogens (tertiary/aromatic N) is 3. The van der Waals surface area contributed by atoms with Crippen molar-refractivity contribution in [3.8, 4) is 5.69 Å². The summed E-state index contributed by atoms with van der Waals surface area (Å²) in [6, 6.07) is 10.2. The van der Waals surface area contributed by atoms with Crippen molar-refractivity contribution in [2.24, 2.45) is 0 Å². The average Bonchev–Trinajstić information content (AvgIpc) is 2.78. The van der Waals surface area contributed by atoms with Crippen LogP contribution in [0.4, 0.5) is 0 Å². The van der Waals surface area contributed by atoms with Crippen molar-refractivity contribution < 1.29 is 0 Å². The van der Waals surface area contributed by atoms with Crippen LogP contribution in [0.5, 0.6) is 0 Å². The van der Waals surface area contributed by atoms with E-state index in [0.717, 1.165) is 17.9 Å². The lowest BCUT2D eigenvalue weighted by Gasteiger charge is -2.10. The first-order valence-electron chi connectivity index (χ1n) is 5.28. The van der Waals surface area contributed by atoms with Crippen LogP contribution >= 0.6 is 0 Å². The third-order valence-corrected chi connectivity index (χ3v) is 2.66. The van der Waals surface area contributed by atoms with Crippen LogP contribution in [0.2, 0.25) is 0 Å². The fraction of sp³-hybridized carbons (Fsp3) is 0.333. The molecule has 3 heteroatoms. The molecule has 0 bridgehead atoms. The first-order chi connectivity index (χ1) is 7.33. The molecule has 78 valence electrons. The second-order valence-corrected chi connectivity index (χ2v) is 3.70. The summed E-state index contributed by atoms with van der Waals surface area (Å²) in [6.07, 6.45) is 2.85. The van der Waals surface area contributed by atoms with Crippen LogP contribution in [0.3, 0.4) is 0 Å². The third-order valence-electron chi connectivity index (χ3n) is 2.66. The second kappa shape index (κ2) is 4.26. The molecule has 0 saturated heterocycles. The van der Waals surface area contributed by atoms with E-state index in [1.54, 1.807) is 6.33 Å². The molecule has 0 spiro atoms. The number of benzene rings is 1. The lowest BCUT2D eigenvalue weighted by atomic mass is 10.1. The molecular formula is C12H15N3. The molecular weight excluding hydrogens is 186 g/mol. The fourth-order valence-corrected chi connectivity index (χ4v) is 1.55. The molecule has 2 rings (SSSR count). The Labute approximate surface area is 89.8 Å². The lowest BCUT2D eigenvalue weighted by molar-refractivity contribution is 0.661. The summed E-state index contributed by atoms with van der Waals surface area (Å²) in [6.45, 7) is 4.33. The van der Waals surface area contributed by atoms with E-state index in [4.69, 9.17) is 0 Å². The van der Waals surface area contributed by atoms with E-state index < -0.39 is 0 Å². The Morgan fingerprint density at radius 3 is 2.67 bits per heavy atom. The van der Waals surface area contributed by atoms with E-state index in [0.29, 0.717) is 5.92 Å². The summed E-state index contributed by atoms with van der Waals surface area (Å²) in [4.78, 5) is 0. The molecule has 3 nitrogen and oxygen atoms in total. The Morgan fingerprint density at radius 2 is 2.00 bits per heavy atom. The van der Waals surface area contributed by atoms with Crippen LogP contribution in [0, 0.1) is 0 Å². The van der Waals surface area contributed by atoms with E-state index in [1.807, 2.05) is 22.8 Å². The molecule has 15 heavy (non-hydrogen) atoms. The maximum absolute atomic E-state index is 4.18. The minimum Gasteiger partial charge on any atom is -0.285 e. The van der Waals surface area contributed by atoms with Gasteiger partial charge in [-0.1, -0.05) is 32.0 Å². The second-order valence-electron chi connectivity index (χ2n) is 3.70. The van der Waals surface area contributed by atoms with Gasteiger partial charge in [-0.05, 0) is 18.6 Å². The summed E-state index contributed by atoms with van der Waals surface area (Å²) in [5.41, 5.74) is 1.12. The largest absolute Gasteiger partial charge is 0.285 e. The molecule has 1 atom stereocenters. The van der Waals surface area contributed by atoms with E-state index in [2.05, 4.69) is 36.2 Å². The van der Waals surface area contributed by atoms with Crippen LogP contribution in [-0.4, -0.2) is 14.8 Å². The van der Waals surface area contributed by atoms with E-state index in [-0.39, 0.29) is 0 Å². The first kappa shape index (κ1) is 9.90. The minimum absolute atomic E-state index is 0.438. The number of para-hydroxylation sites is 1. The third kappa shape index (κ3) is 1.91. The van der Waals surface area contributed by atoms with Crippen LogP contribution in [-0.2, 0) is 0 Å². The van der Waals surface area contributed by atoms with Gasteiger partial charge in [0.1, 0.15) is 12.2 Å². The molecule has 0 N–H and O–H groups in total. The highest BCUT2D eigenvalue weighted by atomic mass is 15.3. The Kier molecular flexibility index (Phi) is 2.81. The Bertz CT molecular complexity index is 419. The number of aromatic nitrogens is 3. The first-order valence-corrected chi connectivity index (χ1v) is 5.28. The van der Waals surface area contributed by atoms with Crippen molar-refractivity contribution in [2.75, 3.05) is 0 Å². The molecule has 1 unspecified atom stereocenters. The van der Waals surface area contributed by atoms with E-state index in [1.165, 1.54) is 0 Å². The van der Waals surface area contributed by atoms with Crippen LogP contribution in [0.25, 0.3) is 5.69 Å². The van der Waals surface area contributed by atoms with Gasteiger partial charge in [-0.25, -0.2) is 0 Å². The minimum atomic E-state index is 0.438. The summed E-state index contributed by atoms with van der Waals surface area (Å²) < 4.78 is 2.05. The molecule has 1 aromatic heterocycles. The van der Waals surface area contributed by atoms with Gasteiger partial charge in [0.25, 0.3) is 0 Å². The van der Waals surface area contributed by atoms with Gasteiger partial charge in [0, 0.05) is 11.6 Å². The summed E-state index contributed by atoms with van der Waals surface area (Å²) in [5, 5.41) is 8.16. The zero-order chi connectivity index (χ0) is 10.7. The van der Waals surface area contributed by atoms with Crippen molar-refractivity contribution in [3.05, 3.63) is 42.5 Å². The van der Waals surface area contributed by atoms with Crippen molar-refractivity contribution in [3.63, 3.8) is 0 Å². The molecule has 0 aliphatic rings. The predicted molar refractivity (Wildman–Crippen MR) is 60.1 cm³/mol. The van der Waals surface area contributed by atoms with Crippen LogP contribution in [0.1, 0.15) is 32.0 Å². The van der Waals surface area contributed by atoms with Crippen molar-refractivity contribution in [1.29, 1.82) is 0 Å². The fourth-order valence-electron chi connectivity index (χ4n) is 1.55. The van der Waals surface area contributed by atoms with E-state index in [9.17, 15) is 0 Å². The van der Waals surface area contributed by atoms with Crippen LogP contribution < -0.4 is 0 Å². The van der Waals surface area contributed by atoms with Gasteiger partial charge in [0.05, 0.1) is 0 Å². The Hall–Kier alpha value is -1.64. The molecule has 1 aromatic carbocycles. The zero-order valence-electron chi connectivity index (χ0n) is 9.09. The van der Waals surface area contributed by atoms with Crippen LogP contribution in [0.15, 0.2) is 36.7 Å². The summed E-state index contributed by atoms with van der Waals surface area (Å²) >= 11 is 0. The standard InChI is InChI=1S/C12H15N3/c1-3-10(2)12-14-13-9-15(12)11-7-5-4-6-8-11/h4-10H,3H2,1-2H3. The number of rotatable bonds is 3. The summed E-state index contributed by atoms with van der Waals surface area (Å²) in [7, 11) is 0. The molecule has 2 aromatic rings. The lowest BCUT2D eigenvalue weighted by Crippen LogP contribution is -2.03. The average molecular weight is 201 g/mol. The molecule has 0 amide bonds.